The molecular weight excluding hydrogens is 250 g/mol. The van der Waals surface area contributed by atoms with Crippen LogP contribution in [0.5, 0.6) is 0 Å². The highest BCUT2D eigenvalue weighted by Crippen LogP contribution is 2.16. The Hall–Kier alpha value is -1.82. The lowest BCUT2D eigenvalue weighted by Crippen LogP contribution is -2.16. The number of rotatable bonds is 4. The molecule has 5 nitrogen and oxygen atoms in total. The van der Waals surface area contributed by atoms with Crippen molar-refractivity contribution in [3.63, 3.8) is 0 Å². The fourth-order valence-corrected chi connectivity index (χ4v) is 2.83. The van der Waals surface area contributed by atoms with Crippen LogP contribution in [0.4, 0.5) is 5.69 Å². The van der Waals surface area contributed by atoms with Crippen LogP contribution in [0.2, 0.25) is 0 Å². The van der Waals surface area contributed by atoms with Gasteiger partial charge in [-0.3, -0.25) is 4.72 Å². The number of hydrogen-bond donors (Lipinski definition) is 1. The zero-order chi connectivity index (χ0) is 13.2. The van der Waals surface area contributed by atoms with Gasteiger partial charge in [-0.05, 0) is 24.1 Å². The molecule has 0 fully saturated rings. The number of nitrogens with zero attached hydrogens (tertiary/aromatic N) is 2. The van der Waals surface area contributed by atoms with Crippen LogP contribution in [-0.2, 0) is 23.5 Å². The third-order valence-corrected chi connectivity index (χ3v) is 4.08. The first-order valence-corrected chi connectivity index (χ1v) is 7.09. The number of anilines is 1. The van der Waals surface area contributed by atoms with Gasteiger partial charge in [0.05, 0.1) is 12.5 Å². The number of imidazole rings is 1. The molecule has 0 spiro atoms. The molecule has 0 aliphatic heterocycles. The summed E-state index contributed by atoms with van der Waals surface area (Å²) in [5.74, 6) is 0. The van der Waals surface area contributed by atoms with E-state index in [1.807, 2.05) is 25.1 Å². The smallest absolute Gasteiger partial charge is 0.279 e. The second kappa shape index (κ2) is 4.81. The van der Waals surface area contributed by atoms with Gasteiger partial charge in [-0.2, -0.15) is 8.42 Å². The summed E-state index contributed by atoms with van der Waals surface area (Å²) in [4.78, 5) is 3.81. The molecule has 96 valence electrons. The van der Waals surface area contributed by atoms with Crippen molar-refractivity contribution in [2.24, 2.45) is 7.05 Å². The lowest BCUT2D eigenvalue weighted by atomic mass is 10.1. The van der Waals surface area contributed by atoms with Crippen LogP contribution in [0, 0.1) is 0 Å². The van der Waals surface area contributed by atoms with Crippen molar-refractivity contribution in [3.8, 4) is 0 Å². The lowest BCUT2D eigenvalue weighted by Gasteiger charge is -2.09. The molecule has 1 heterocycles. The monoisotopic (exact) mass is 265 g/mol. The lowest BCUT2D eigenvalue weighted by molar-refractivity contribution is 0.591. The standard InChI is InChI=1S/C12H15N3O2S/c1-3-10-5-4-6-11(7-10)14-18(16,17)12-8-13-9-15(12)2/h4-9,14H,3H2,1-2H3. The molecule has 1 aromatic heterocycles. The van der Waals surface area contributed by atoms with Crippen LogP contribution >= 0.6 is 0 Å². The number of aryl methyl sites for hydroxylation is 2. The van der Waals surface area contributed by atoms with E-state index in [1.165, 1.54) is 17.1 Å². The summed E-state index contributed by atoms with van der Waals surface area (Å²) >= 11 is 0. The van der Waals surface area contributed by atoms with E-state index in [0.29, 0.717) is 5.69 Å². The van der Waals surface area contributed by atoms with E-state index in [4.69, 9.17) is 0 Å². The molecule has 0 unspecified atom stereocenters. The largest absolute Gasteiger partial charge is 0.323 e. The number of nitrogens with one attached hydrogen (secondary N) is 1. The third kappa shape index (κ3) is 2.53. The highest BCUT2D eigenvalue weighted by atomic mass is 32.2. The molecule has 1 aromatic carbocycles. The number of benzene rings is 1. The van der Waals surface area contributed by atoms with Gasteiger partial charge in [0, 0.05) is 12.7 Å². The van der Waals surface area contributed by atoms with Crippen LogP contribution in [0.25, 0.3) is 0 Å². The van der Waals surface area contributed by atoms with Crippen LogP contribution < -0.4 is 4.72 Å². The molecule has 1 N–H and O–H groups in total. The first-order chi connectivity index (χ1) is 8.53. The molecule has 18 heavy (non-hydrogen) atoms. The summed E-state index contributed by atoms with van der Waals surface area (Å²) in [6.07, 6.45) is 3.64. The maximum Gasteiger partial charge on any atom is 0.279 e. The minimum absolute atomic E-state index is 0.143. The highest BCUT2D eigenvalue weighted by Gasteiger charge is 2.17. The molecule has 0 bridgehead atoms. The van der Waals surface area contributed by atoms with Gasteiger partial charge in [0.2, 0.25) is 0 Å². The maximum absolute atomic E-state index is 12.1. The molecule has 0 aliphatic rings. The van der Waals surface area contributed by atoms with E-state index >= 15 is 0 Å². The van der Waals surface area contributed by atoms with E-state index in [0.717, 1.165) is 12.0 Å². The fourth-order valence-electron chi connectivity index (χ4n) is 1.67. The van der Waals surface area contributed by atoms with E-state index in [1.54, 1.807) is 13.1 Å². The van der Waals surface area contributed by atoms with Crippen molar-refractivity contribution in [3.05, 3.63) is 42.4 Å². The Morgan fingerprint density at radius 3 is 2.78 bits per heavy atom. The second-order valence-corrected chi connectivity index (χ2v) is 5.63. The van der Waals surface area contributed by atoms with Crippen LogP contribution in [0.1, 0.15) is 12.5 Å². The molecular formula is C12H15N3O2S. The van der Waals surface area contributed by atoms with Gasteiger partial charge in [-0.15, -0.1) is 0 Å². The fraction of sp³-hybridized carbons (Fsp3) is 0.250. The average Bonchev–Trinajstić information content (AvgIpc) is 2.76. The SMILES string of the molecule is CCc1cccc(NS(=O)(=O)c2cncn2C)c1. The maximum atomic E-state index is 12.1. The topological polar surface area (TPSA) is 64.0 Å². The van der Waals surface area contributed by atoms with Gasteiger partial charge in [0.15, 0.2) is 5.03 Å². The van der Waals surface area contributed by atoms with Gasteiger partial charge < -0.3 is 4.57 Å². The van der Waals surface area contributed by atoms with Gasteiger partial charge >= 0.3 is 0 Å². The summed E-state index contributed by atoms with van der Waals surface area (Å²) < 4.78 is 28.2. The van der Waals surface area contributed by atoms with Crippen molar-refractivity contribution >= 4 is 15.7 Å². The van der Waals surface area contributed by atoms with Crippen molar-refractivity contribution in [2.75, 3.05) is 4.72 Å². The predicted molar refractivity (Wildman–Crippen MR) is 69.8 cm³/mol. The van der Waals surface area contributed by atoms with Crippen LogP contribution in [-0.4, -0.2) is 18.0 Å². The Bertz CT molecular complexity index is 647. The first-order valence-electron chi connectivity index (χ1n) is 5.61. The predicted octanol–water partition coefficient (Wildman–Crippen LogP) is 1.78. The molecule has 0 amide bonds. The van der Waals surface area contributed by atoms with Crippen LogP contribution in [0.15, 0.2) is 41.8 Å². The third-order valence-electron chi connectivity index (χ3n) is 2.64. The zero-order valence-corrected chi connectivity index (χ0v) is 11.1. The summed E-state index contributed by atoms with van der Waals surface area (Å²) in [6.45, 7) is 2.02. The first kappa shape index (κ1) is 12.6. The quantitative estimate of drug-likeness (QED) is 0.916. The summed E-state index contributed by atoms with van der Waals surface area (Å²) in [6, 6.07) is 7.35. The zero-order valence-electron chi connectivity index (χ0n) is 10.3. The Morgan fingerprint density at radius 2 is 2.17 bits per heavy atom. The van der Waals surface area contributed by atoms with Gasteiger partial charge in [0.25, 0.3) is 10.0 Å². The minimum Gasteiger partial charge on any atom is -0.323 e. The Morgan fingerprint density at radius 1 is 1.39 bits per heavy atom. The number of sulfonamides is 1. The molecule has 2 aromatic rings. The number of aromatic nitrogens is 2. The Kier molecular flexibility index (Phi) is 3.38. The summed E-state index contributed by atoms with van der Waals surface area (Å²) in [5, 5.41) is 0.143. The van der Waals surface area contributed by atoms with Gasteiger partial charge in [0.1, 0.15) is 0 Å². The van der Waals surface area contributed by atoms with E-state index in [-0.39, 0.29) is 5.03 Å². The van der Waals surface area contributed by atoms with Crippen molar-refractivity contribution < 1.29 is 8.42 Å². The van der Waals surface area contributed by atoms with Gasteiger partial charge in [-0.25, -0.2) is 4.98 Å². The van der Waals surface area contributed by atoms with Crippen LogP contribution in [0.3, 0.4) is 0 Å². The number of hydrogen-bond acceptors (Lipinski definition) is 3. The van der Waals surface area contributed by atoms with Crippen molar-refractivity contribution in [1.29, 1.82) is 0 Å². The molecule has 0 aliphatic carbocycles. The highest BCUT2D eigenvalue weighted by molar-refractivity contribution is 7.92. The minimum atomic E-state index is -3.58. The normalized spacial score (nSPS) is 11.4. The summed E-state index contributed by atoms with van der Waals surface area (Å²) in [7, 11) is -1.93. The van der Waals surface area contributed by atoms with E-state index < -0.39 is 10.0 Å². The van der Waals surface area contributed by atoms with Crippen molar-refractivity contribution in [2.45, 2.75) is 18.4 Å². The molecule has 2 rings (SSSR count). The molecule has 0 atom stereocenters. The molecule has 0 radical (unpaired) electrons. The molecule has 0 saturated heterocycles. The van der Waals surface area contributed by atoms with E-state index in [9.17, 15) is 8.42 Å². The Labute approximate surface area is 107 Å². The molecule has 6 heteroatoms. The Balaban J connectivity index is 2.31. The van der Waals surface area contributed by atoms with Crippen molar-refractivity contribution in [1.82, 2.24) is 9.55 Å². The molecule has 0 saturated carbocycles. The van der Waals surface area contributed by atoms with Gasteiger partial charge in [-0.1, -0.05) is 19.1 Å². The summed E-state index contributed by atoms with van der Waals surface area (Å²) in [5.41, 5.74) is 1.65. The van der Waals surface area contributed by atoms with E-state index in [2.05, 4.69) is 9.71 Å². The average molecular weight is 265 g/mol. The second-order valence-electron chi connectivity index (χ2n) is 4.00.